The number of nitrogens with two attached hydrogens (primary N) is 1. The molecule has 0 heterocycles. The average molecular weight is 320 g/mol. The highest BCUT2D eigenvalue weighted by molar-refractivity contribution is 5.85. The maximum absolute atomic E-state index is 6.27. The molecule has 0 radical (unpaired) electrons. The molecular formula is C18H22ClNO2. The average Bonchev–Trinajstić information content (AvgIpc) is 3.38. The zero-order chi connectivity index (χ0) is 14.7. The molecule has 0 amide bonds. The summed E-state index contributed by atoms with van der Waals surface area (Å²) in [5.41, 5.74) is 8.53. The Morgan fingerprint density at radius 2 is 1.82 bits per heavy atom. The van der Waals surface area contributed by atoms with Crippen molar-refractivity contribution < 1.29 is 9.47 Å². The Labute approximate surface area is 137 Å². The quantitative estimate of drug-likeness (QED) is 0.871. The SMILES string of the molecule is COc1ccc([C@H](N)C2CC2)cc1OCc1ccccc1.Cl. The van der Waals surface area contributed by atoms with Gasteiger partial charge in [0.15, 0.2) is 11.5 Å². The van der Waals surface area contributed by atoms with Gasteiger partial charge in [0, 0.05) is 6.04 Å². The van der Waals surface area contributed by atoms with E-state index >= 15 is 0 Å². The fourth-order valence-corrected chi connectivity index (χ4v) is 2.48. The third kappa shape index (κ3) is 3.93. The van der Waals surface area contributed by atoms with Crippen molar-refractivity contribution in [1.82, 2.24) is 0 Å². The summed E-state index contributed by atoms with van der Waals surface area (Å²) in [7, 11) is 1.66. The van der Waals surface area contributed by atoms with Crippen LogP contribution in [-0.4, -0.2) is 7.11 Å². The van der Waals surface area contributed by atoms with Gasteiger partial charge >= 0.3 is 0 Å². The van der Waals surface area contributed by atoms with Crippen molar-refractivity contribution in [2.45, 2.75) is 25.5 Å². The van der Waals surface area contributed by atoms with E-state index in [9.17, 15) is 0 Å². The monoisotopic (exact) mass is 319 g/mol. The van der Waals surface area contributed by atoms with Crippen molar-refractivity contribution in [3.8, 4) is 11.5 Å². The lowest BCUT2D eigenvalue weighted by Crippen LogP contribution is -2.12. The first-order chi connectivity index (χ1) is 10.3. The molecule has 1 atom stereocenters. The zero-order valence-electron chi connectivity index (χ0n) is 12.7. The minimum Gasteiger partial charge on any atom is -0.493 e. The molecule has 3 nitrogen and oxygen atoms in total. The number of hydrogen-bond donors (Lipinski definition) is 1. The van der Waals surface area contributed by atoms with Crippen LogP contribution in [0.1, 0.15) is 30.0 Å². The molecule has 1 saturated carbocycles. The second-order valence-corrected chi connectivity index (χ2v) is 5.55. The summed E-state index contributed by atoms with van der Waals surface area (Å²) in [5.74, 6) is 2.13. The van der Waals surface area contributed by atoms with Crippen molar-refractivity contribution in [2.75, 3.05) is 7.11 Å². The van der Waals surface area contributed by atoms with Crippen LogP contribution in [0.3, 0.4) is 0 Å². The Morgan fingerprint density at radius 1 is 1.09 bits per heavy atom. The highest BCUT2D eigenvalue weighted by atomic mass is 35.5. The zero-order valence-corrected chi connectivity index (χ0v) is 13.5. The van der Waals surface area contributed by atoms with Gasteiger partial charge in [0.25, 0.3) is 0 Å². The topological polar surface area (TPSA) is 44.5 Å². The van der Waals surface area contributed by atoms with Crippen LogP contribution >= 0.6 is 12.4 Å². The molecule has 0 unspecified atom stereocenters. The predicted molar refractivity (Wildman–Crippen MR) is 90.7 cm³/mol. The van der Waals surface area contributed by atoms with E-state index in [4.69, 9.17) is 15.2 Å². The number of benzene rings is 2. The van der Waals surface area contributed by atoms with Crippen molar-refractivity contribution in [3.63, 3.8) is 0 Å². The molecule has 0 bridgehead atoms. The summed E-state index contributed by atoms with van der Waals surface area (Å²) in [6, 6.07) is 16.2. The van der Waals surface area contributed by atoms with Crippen molar-refractivity contribution in [3.05, 3.63) is 59.7 Å². The van der Waals surface area contributed by atoms with Gasteiger partial charge < -0.3 is 15.2 Å². The van der Waals surface area contributed by atoms with Crippen molar-refractivity contribution in [1.29, 1.82) is 0 Å². The minimum atomic E-state index is 0. The smallest absolute Gasteiger partial charge is 0.161 e. The van der Waals surface area contributed by atoms with E-state index in [0.717, 1.165) is 22.6 Å². The van der Waals surface area contributed by atoms with Crippen LogP contribution in [0.25, 0.3) is 0 Å². The molecule has 4 heteroatoms. The maximum Gasteiger partial charge on any atom is 0.161 e. The van der Waals surface area contributed by atoms with Crippen LogP contribution in [0.5, 0.6) is 11.5 Å². The van der Waals surface area contributed by atoms with Crippen LogP contribution < -0.4 is 15.2 Å². The normalized spacial score (nSPS) is 14.8. The molecule has 0 aliphatic heterocycles. The largest absolute Gasteiger partial charge is 0.493 e. The van der Waals surface area contributed by atoms with Gasteiger partial charge in [-0.3, -0.25) is 0 Å². The Hall–Kier alpha value is -1.71. The maximum atomic E-state index is 6.27. The van der Waals surface area contributed by atoms with E-state index < -0.39 is 0 Å². The summed E-state index contributed by atoms with van der Waals surface area (Å²) in [6.45, 7) is 0.527. The lowest BCUT2D eigenvalue weighted by molar-refractivity contribution is 0.284. The van der Waals surface area contributed by atoms with Gasteiger partial charge in [-0.15, -0.1) is 12.4 Å². The molecule has 1 aliphatic rings. The lowest BCUT2D eigenvalue weighted by atomic mass is 10.0. The molecule has 118 valence electrons. The standard InChI is InChI=1S/C18H21NO2.ClH/c1-20-16-10-9-15(18(19)14-7-8-14)11-17(16)21-12-13-5-3-2-4-6-13;/h2-6,9-11,14,18H,7-8,12,19H2,1H3;1H/t18-;/m1./s1. The molecule has 2 aromatic rings. The van der Waals surface area contributed by atoms with Crippen molar-refractivity contribution in [2.24, 2.45) is 11.7 Å². The highest BCUT2D eigenvalue weighted by Crippen LogP contribution is 2.41. The van der Waals surface area contributed by atoms with E-state index in [2.05, 4.69) is 0 Å². The van der Waals surface area contributed by atoms with Gasteiger partial charge in [-0.25, -0.2) is 0 Å². The van der Waals surface area contributed by atoms with Gasteiger partial charge in [0.1, 0.15) is 6.61 Å². The molecule has 0 aromatic heterocycles. The van der Waals surface area contributed by atoms with Crippen LogP contribution in [0, 0.1) is 5.92 Å². The van der Waals surface area contributed by atoms with Crippen LogP contribution in [0.2, 0.25) is 0 Å². The van der Waals surface area contributed by atoms with Gasteiger partial charge in [-0.05, 0) is 42.0 Å². The Balaban J connectivity index is 0.00000176. The van der Waals surface area contributed by atoms with Crippen LogP contribution in [0.15, 0.2) is 48.5 Å². The third-order valence-corrected chi connectivity index (χ3v) is 3.94. The molecule has 1 fully saturated rings. The molecule has 2 aromatic carbocycles. The van der Waals surface area contributed by atoms with Crippen LogP contribution in [0.4, 0.5) is 0 Å². The molecule has 1 aliphatic carbocycles. The Morgan fingerprint density at radius 3 is 2.45 bits per heavy atom. The summed E-state index contributed by atoms with van der Waals surface area (Å²) < 4.78 is 11.3. The summed E-state index contributed by atoms with van der Waals surface area (Å²) in [6.07, 6.45) is 2.46. The fourth-order valence-electron chi connectivity index (χ4n) is 2.48. The van der Waals surface area contributed by atoms with Gasteiger partial charge in [0.2, 0.25) is 0 Å². The third-order valence-electron chi connectivity index (χ3n) is 3.94. The fraction of sp³-hybridized carbons (Fsp3) is 0.333. The Kier molecular flexibility index (Phi) is 5.69. The highest BCUT2D eigenvalue weighted by Gasteiger charge is 2.29. The predicted octanol–water partition coefficient (Wildman–Crippen LogP) is 4.11. The molecular weight excluding hydrogens is 298 g/mol. The van der Waals surface area contributed by atoms with E-state index in [1.54, 1.807) is 7.11 Å². The summed E-state index contributed by atoms with van der Waals surface area (Å²) in [5, 5.41) is 0. The number of halogens is 1. The van der Waals surface area contributed by atoms with E-state index in [1.165, 1.54) is 12.8 Å². The van der Waals surface area contributed by atoms with Crippen molar-refractivity contribution >= 4 is 12.4 Å². The number of ether oxygens (including phenoxy) is 2. The van der Waals surface area contributed by atoms with E-state index in [1.807, 2.05) is 48.5 Å². The summed E-state index contributed by atoms with van der Waals surface area (Å²) >= 11 is 0. The molecule has 2 N–H and O–H groups in total. The minimum absolute atomic E-state index is 0. The van der Waals surface area contributed by atoms with Gasteiger partial charge in [0.05, 0.1) is 7.11 Å². The first kappa shape index (κ1) is 16.7. The second kappa shape index (κ2) is 7.52. The first-order valence-electron chi connectivity index (χ1n) is 7.38. The number of methoxy groups -OCH3 is 1. The lowest BCUT2D eigenvalue weighted by Gasteiger charge is -2.15. The number of hydrogen-bond acceptors (Lipinski definition) is 3. The van der Waals surface area contributed by atoms with E-state index in [-0.39, 0.29) is 18.4 Å². The molecule has 3 rings (SSSR count). The van der Waals surface area contributed by atoms with Crippen LogP contribution in [-0.2, 0) is 6.61 Å². The second-order valence-electron chi connectivity index (χ2n) is 5.55. The molecule has 0 spiro atoms. The molecule has 22 heavy (non-hydrogen) atoms. The summed E-state index contributed by atoms with van der Waals surface area (Å²) in [4.78, 5) is 0. The first-order valence-corrected chi connectivity index (χ1v) is 7.38. The molecule has 0 saturated heterocycles. The Bertz CT molecular complexity index is 599. The van der Waals surface area contributed by atoms with E-state index in [0.29, 0.717) is 12.5 Å². The number of rotatable bonds is 6. The van der Waals surface area contributed by atoms with Gasteiger partial charge in [-0.1, -0.05) is 36.4 Å². The van der Waals surface area contributed by atoms with Gasteiger partial charge in [-0.2, -0.15) is 0 Å².